The number of aryl methyl sites for hydroxylation is 2. The van der Waals surface area contributed by atoms with Crippen LogP contribution in [0.25, 0.3) is 0 Å². The van der Waals surface area contributed by atoms with Crippen LogP contribution in [0.5, 0.6) is 11.6 Å². The van der Waals surface area contributed by atoms with Crippen LogP contribution in [0.1, 0.15) is 43.0 Å². The zero-order chi connectivity index (χ0) is 14.7. The summed E-state index contributed by atoms with van der Waals surface area (Å²) in [5.41, 5.74) is 3.19. The quantitative estimate of drug-likeness (QED) is 0.742. The molecule has 0 aliphatic rings. The second-order valence-electron chi connectivity index (χ2n) is 5.11. The first-order valence-electron chi connectivity index (χ1n) is 6.93. The maximum atomic E-state index is 5.97. The van der Waals surface area contributed by atoms with E-state index < -0.39 is 0 Å². The monoisotopic (exact) mass is 292 g/mol. The van der Waals surface area contributed by atoms with E-state index in [4.69, 9.17) is 16.3 Å². The number of aromatic nitrogens is 2. The molecular formula is C16H21ClN2O. The summed E-state index contributed by atoms with van der Waals surface area (Å²) in [5.74, 6) is 2.50. The maximum absolute atomic E-state index is 5.97. The molecule has 1 heterocycles. The van der Waals surface area contributed by atoms with Gasteiger partial charge in [0.1, 0.15) is 5.75 Å². The molecule has 4 heteroatoms. The Morgan fingerprint density at radius 1 is 1.30 bits per heavy atom. The second kappa shape index (κ2) is 6.31. The molecule has 1 aromatic carbocycles. The van der Waals surface area contributed by atoms with Crippen molar-refractivity contribution in [1.29, 1.82) is 0 Å². The molecular weight excluding hydrogens is 272 g/mol. The molecule has 0 aliphatic heterocycles. The zero-order valence-corrected chi connectivity index (χ0v) is 13.2. The van der Waals surface area contributed by atoms with Crippen molar-refractivity contribution < 1.29 is 4.74 Å². The van der Waals surface area contributed by atoms with Crippen molar-refractivity contribution >= 4 is 11.6 Å². The lowest BCUT2D eigenvalue weighted by atomic mass is 9.99. The molecule has 20 heavy (non-hydrogen) atoms. The second-order valence-corrected chi connectivity index (χ2v) is 5.37. The fourth-order valence-electron chi connectivity index (χ4n) is 2.17. The number of ether oxygens (including phenoxy) is 1. The average molecular weight is 293 g/mol. The molecule has 0 bridgehead atoms. The van der Waals surface area contributed by atoms with Crippen molar-refractivity contribution in [2.45, 2.75) is 39.0 Å². The van der Waals surface area contributed by atoms with Gasteiger partial charge in [-0.05, 0) is 37.0 Å². The maximum Gasteiger partial charge on any atom is 0.222 e. The number of alkyl halides is 1. The summed E-state index contributed by atoms with van der Waals surface area (Å²) in [4.78, 5) is 0. The largest absolute Gasteiger partial charge is 0.439 e. The molecule has 0 fully saturated rings. The highest BCUT2D eigenvalue weighted by Gasteiger charge is 2.14. The fourth-order valence-corrected chi connectivity index (χ4v) is 2.48. The van der Waals surface area contributed by atoms with Gasteiger partial charge in [0.05, 0.1) is 17.1 Å². The first-order chi connectivity index (χ1) is 9.56. The van der Waals surface area contributed by atoms with Gasteiger partial charge in [-0.2, -0.15) is 5.10 Å². The number of hydrogen-bond donors (Lipinski definition) is 0. The summed E-state index contributed by atoms with van der Waals surface area (Å²) >= 11 is 5.97. The van der Waals surface area contributed by atoms with E-state index in [-0.39, 0.29) is 0 Å². The van der Waals surface area contributed by atoms with Crippen LogP contribution < -0.4 is 4.74 Å². The summed E-state index contributed by atoms with van der Waals surface area (Å²) in [6.45, 7) is 6.36. The summed E-state index contributed by atoms with van der Waals surface area (Å²) in [6.07, 6.45) is 1.14. The van der Waals surface area contributed by atoms with Crippen LogP contribution in [0.2, 0.25) is 0 Å². The summed E-state index contributed by atoms with van der Waals surface area (Å²) in [5, 5.41) is 4.34. The summed E-state index contributed by atoms with van der Waals surface area (Å²) in [6, 6.07) is 8.24. The third-order valence-electron chi connectivity index (χ3n) is 3.70. The molecule has 0 saturated carbocycles. The van der Waals surface area contributed by atoms with Crippen LogP contribution in [0.4, 0.5) is 0 Å². The summed E-state index contributed by atoms with van der Waals surface area (Å²) < 4.78 is 7.67. The molecule has 0 aliphatic carbocycles. The van der Waals surface area contributed by atoms with Gasteiger partial charge in [-0.3, -0.25) is 0 Å². The third kappa shape index (κ3) is 2.98. The van der Waals surface area contributed by atoms with E-state index in [0.29, 0.717) is 17.7 Å². The molecule has 2 rings (SSSR count). The minimum atomic E-state index is 0.403. The minimum absolute atomic E-state index is 0.403. The predicted octanol–water partition coefficient (Wildman–Crippen LogP) is 4.77. The number of halogens is 1. The Labute approximate surface area is 125 Å². The standard InChI is InChI=1S/C16H21ClN2O/c1-5-11(2)13-6-8-14(9-7-13)20-16-15(10-17)12(3)18-19(16)4/h6-9,11H,5,10H2,1-4H3. The smallest absolute Gasteiger partial charge is 0.222 e. The van der Waals surface area contributed by atoms with Crippen LogP contribution in [-0.4, -0.2) is 9.78 Å². The molecule has 1 aromatic heterocycles. The zero-order valence-electron chi connectivity index (χ0n) is 12.5. The number of benzene rings is 1. The highest BCUT2D eigenvalue weighted by Crippen LogP contribution is 2.29. The SMILES string of the molecule is CCC(C)c1ccc(Oc2c(CCl)c(C)nn2C)cc1. The van der Waals surface area contributed by atoms with Gasteiger partial charge in [0.15, 0.2) is 0 Å². The van der Waals surface area contributed by atoms with Gasteiger partial charge < -0.3 is 4.74 Å². The van der Waals surface area contributed by atoms with Gasteiger partial charge in [0, 0.05) is 7.05 Å². The molecule has 1 atom stereocenters. The molecule has 0 spiro atoms. The van der Waals surface area contributed by atoms with Crippen molar-refractivity contribution in [1.82, 2.24) is 9.78 Å². The van der Waals surface area contributed by atoms with Gasteiger partial charge in [-0.25, -0.2) is 4.68 Å². The van der Waals surface area contributed by atoms with E-state index in [0.717, 1.165) is 23.4 Å². The van der Waals surface area contributed by atoms with Gasteiger partial charge in [0.25, 0.3) is 0 Å². The average Bonchev–Trinajstić information content (AvgIpc) is 2.72. The molecule has 1 unspecified atom stereocenters. The van der Waals surface area contributed by atoms with E-state index in [1.807, 2.05) is 26.1 Å². The number of hydrogen-bond acceptors (Lipinski definition) is 2. The first-order valence-corrected chi connectivity index (χ1v) is 7.46. The van der Waals surface area contributed by atoms with E-state index in [1.54, 1.807) is 4.68 Å². The molecule has 3 nitrogen and oxygen atoms in total. The molecule has 0 N–H and O–H groups in total. The Morgan fingerprint density at radius 3 is 2.50 bits per heavy atom. The van der Waals surface area contributed by atoms with E-state index >= 15 is 0 Å². The Balaban J connectivity index is 2.22. The highest BCUT2D eigenvalue weighted by molar-refractivity contribution is 6.17. The van der Waals surface area contributed by atoms with Crippen LogP contribution in [-0.2, 0) is 12.9 Å². The fraction of sp³-hybridized carbons (Fsp3) is 0.438. The molecule has 2 aromatic rings. The van der Waals surface area contributed by atoms with Crippen LogP contribution in [0.3, 0.4) is 0 Å². The lowest BCUT2D eigenvalue weighted by Crippen LogP contribution is -1.97. The van der Waals surface area contributed by atoms with E-state index in [9.17, 15) is 0 Å². The van der Waals surface area contributed by atoms with Crippen molar-refractivity contribution in [3.8, 4) is 11.6 Å². The van der Waals surface area contributed by atoms with Crippen molar-refractivity contribution in [3.05, 3.63) is 41.1 Å². The summed E-state index contributed by atoms with van der Waals surface area (Å²) in [7, 11) is 1.87. The van der Waals surface area contributed by atoms with Gasteiger partial charge in [-0.15, -0.1) is 11.6 Å². The van der Waals surface area contributed by atoms with Gasteiger partial charge in [-0.1, -0.05) is 26.0 Å². The number of rotatable bonds is 5. The minimum Gasteiger partial charge on any atom is -0.439 e. The highest BCUT2D eigenvalue weighted by atomic mass is 35.5. The Hall–Kier alpha value is -1.48. The lowest BCUT2D eigenvalue weighted by Gasteiger charge is -2.11. The van der Waals surface area contributed by atoms with Crippen molar-refractivity contribution in [3.63, 3.8) is 0 Å². The normalized spacial score (nSPS) is 12.4. The molecule has 0 amide bonds. The van der Waals surface area contributed by atoms with E-state index in [2.05, 4.69) is 31.1 Å². The van der Waals surface area contributed by atoms with Gasteiger partial charge in [0.2, 0.25) is 5.88 Å². The molecule has 0 saturated heterocycles. The first kappa shape index (κ1) is 14.9. The Morgan fingerprint density at radius 2 is 1.95 bits per heavy atom. The number of nitrogens with zero attached hydrogens (tertiary/aromatic N) is 2. The van der Waals surface area contributed by atoms with E-state index in [1.165, 1.54) is 5.56 Å². The van der Waals surface area contributed by atoms with Crippen LogP contribution in [0.15, 0.2) is 24.3 Å². The Bertz CT molecular complexity index is 575. The van der Waals surface area contributed by atoms with Gasteiger partial charge >= 0.3 is 0 Å². The van der Waals surface area contributed by atoms with Crippen molar-refractivity contribution in [2.24, 2.45) is 7.05 Å². The third-order valence-corrected chi connectivity index (χ3v) is 3.97. The predicted molar refractivity (Wildman–Crippen MR) is 82.7 cm³/mol. The Kier molecular flexibility index (Phi) is 4.71. The van der Waals surface area contributed by atoms with Crippen molar-refractivity contribution in [2.75, 3.05) is 0 Å². The lowest BCUT2D eigenvalue weighted by molar-refractivity contribution is 0.427. The topological polar surface area (TPSA) is 27.1 Å². The molecule has 0 radical (unpaired) electrons. The van der Waals surface area contributed by atoms with Crippen LogP contribution in [0, 0.1) is 6.92 Å². The molecule has 108 valence electrons. The van der Waals surface area contributed by atoms with Crippen LogP contribution >= 0.6 is 11.6 Å².